The summed E-state index contributed by atoms with van der Waals surface area (Å²) < 4.78 is 12.3. The highest BCUT2D eigenvalue weighted by atomic mass is 32.2. The van der Waals surface area contributed by atoms with Gasteiger partial charge in [-0.3, -0.25) is 4.79 Å². The largest absolute Gasteiger partial charge is 0.493 e. The fourth-order valence-electron chi connectivity index (χ4n) is 2.52. The third kappa shape index (κ3) is 4.40. The fourth-order valence-corrected chi connectivity index (χ4v) is 3.23. The molecule has 0 saturated carbocycles. The predicted molar refractivity (Wildman–Crippen MR) is 105 cm³/mol. The number of anilines is 1. The standard InChI is InChI=1S/C19H20N4O3S/c1-23-18(13-7-5-4-6-8-13)21-22-19(23)27-12-17(24)20-14-9-10-15(25-2)16(11-14)26-3/h4-11H,12H2,1-3H3,(H,20,24). The van der Waals surface area contributed by atoms with Crippen LogP contribution in [-0.2, 0) is 11.8 Å². The van der Waals surface area contributed by atoms with Gasteiger partial charge in [0.15, 0.2) is 22.5 Å². The summed E-state index contributed by atoms with van der Waals surface area (Å²) in [5, 5.41) is 11.9. The molecule has 7 nitrogen and oxygen atoms in total. The number of hydrogen-bond acceptors (Lipinski definition) is 6. The number of carbonyl (C=O) groups excluding carboxylic acids is 1. The fraction of sp³-hybridized carbons (Fsp3) is 0.211. The van der Waals surface area contributed by atoms with E-state index in [-0.39, 0.29) is 11.7 Å². The second kappa shape index (κ2) is 8.59. The molecule has 0 aliphatic rings. The zero-order valence-corrected chi connectivity index (χ0v) is 16.1. The Morgan fingerprint density at radius 2 is 1.81 bits per heavy atom. The van der Waals surface area contributed by atoms with Gasteiger partial charge in [0.2, 0.25) is 5.91 Å². The van der Waals surface area contributed by atoms with Gasteiger partial charge in [-0.25, -0.2) is 0 Å². The molecule has 1 amide bonds. The summed E-state index contributed by atoms with van der Waals surface area (Å²) in [6.07, 6.45) is 0. The Morgan fingerprint density at radius 1 is 1.07 bits per heavy atom. The molecule has 1 N–H and O–H groups in total. The third-order valence-corrected chi connectivity index (χ3v) is 4.89. The summed E-state index contributed by atoms with van der Waals surface area (Å²) in [6.45, 7) is 0. The van der Waals surface area contributed by atoms with E-state index in [4.69, 9.17) is 9.47 Å². The molecule has 3 aromatic rings. The van der Waals surface area contributed by atoms with Crippen molar-refractivity contribution in [3.8, 4) is 22.9 Å². The average Bonchev–Trinajstić information content (AvgIpc) is 3.07. The predicted octanol–water partition coefficient (Wildman–Crippen LogP) is 3.23. The lowest BCUT2D eigenvalue weighted by atomic mass is 10.2. The molecule has 0 aliphatic heterocycles. The van der Waals surface area contributed by atoms with Crippen LogP contribution in [0.2, 0.25) is 0 Å². The Bertz CT molecular complexity index is 928. The zero-order valence-electron chi connectivity index (χ0n) is 15.3. The number of methoxy groups -OCH3 is 2. The van der Waals surface area contributed by atoms with Crippen LogP contribution in [-0.4, -0.2) is 40.6 Å². The van der Waals surface area contributed by atoms with E-state index >= 15 is 0 Å². The number of ether oxygens (including phenoxy) is 2. The van der Waals surface area contributed by atoms with E-state index in [1.807, 2.05) is 41.9 Å². The van der Waals surface area contributed by atoms with Gasteiger partial charge < -0.3 is 19.4 Å². The summed E-state index contributed by atoms with van der Waals surface area (Å²) in [7, 11) is 5.01. The quantitative estimate of drug-likeness (QED) is 0.630. The molecule has 0 saturated heterocycles. The molecule has 1 aromatic heterocycles. The number of rotatable bonds is 7. The van der Waals surface area contributed by atoms with E-state index in [1.54, 1.807) is 32.4 Å². The molecular weight excluding hydrogens is 364 g/mol. The molecule has 27 heavy (non-hydrogen) atoms. The van der Waals surface area contributed by atoms with Crippen molar-refractivity contribution in [3.05, 3.63) is 48.5 Å². The highest BCUT2D eigenvalue weighted by Gasteiger charge is 2.13. The highest BCUT2D eigenvalue weighted by Crippen LogP contribution is 2.30. The van der Waals surface area contributed by atoms with Gasteiger partial charge >= 0.3 is 0 Å². The molecule has 0 fully saturated rings. The first-order valence-corrected chi connectivity index (χ1v) is 9.20. The number of amides is 1. The van der Waals surface area contributed by atoms with Crippen LogP contribution in [0, 0.1) is 0 Å². The van der Waals surface area contributed by atoms with Crippen LogP contribution in [0.4, 0.5) is 5.69 Å². The van der Waals surface area contributed by atoms with Crippen LogP contribution in [0.3, 0.4) is 0 Å². The van der Waals surface area contributed by atoms with Crippen molar-refractivity contribution in [1.29, 1.82) is 0 Å². The van der Waals surface area contributed by atoms with Crippen molar-refractivity contribution in [2.24, 2.45) is 7.05 Å². The first-order valence-electron chi connectivity index (χ1n) is 8.22. The lowest BCUT2D eigenvalue weighted by Crippen LogP contribution is -2.14. The van der Waals surface area contributed by atoms with Crippen LogP contribution in [0.15, 0.2) is 53.7 Å². The maximum absolute atomic E-state index is 12.3. The van der Waals surface area contributed by atoms with Gasteiger partial charge in [0.25, 0.3) is 0 Å². The Hall–Kier alpha value is -3.00. The van der Waals surface area contributed by atoms with Gasteiger partial charge in [-0.1, -0.05) is 42.1 Å². The minimum absolute atomic E-state index is 0.142. The van der Waals surface area contributed by atoms with Crippen molar-refractivity contribution in [2.75, 3.05) is 25.3 Å². The first-order chi connectivity index (χ1) is 13.1. The van der Waals surface area contributed by atoms with Crippen LogP contribution >= 0.6 is 11.8 Å². The molecule has 1 heterocycles. The van der Waals surface area contributed by atoms with E-state index in [0.717, 1.165) is 11.4 Å². The Labute approximate surface area is 161 Å². The van der Waals surface area contributed by atoms with Gasteiger partial charge in [0, 0.05) is 24.4 Å². The summed E-state index contributed by atoms with van der Waals surface area (Å²) in [5.41, 5.74) is 1.62. The Balaban J connectivity index is 1.62. The molecule has 2 aromatic carbocycles. The minimum Gasteiger partial charge on any atom is -0.493 e. The first kappa shape index (κ1) is 18.8. The molecule has 0 unspecified atom stereocenters. The maximum Gasteiger partial charge on any atom is 0.234 e. The highest BCUT2D eigenvalue weighted by molar-refractivity contribution is 7.99. The van der Waals surface area contributed by atoms with Gasteiger partial charge in [0.05, 0.1) is 20.0 Å². The number of hydrogen-bond donors (Lipinski definition) is 1. The third-order valence-electron chi connectivity index (χ3n) is 3.87. The van der Waals surface area contributed by atoms with Gasteiger partial charge in [-0.15, -0.1) is 10.2 Å². The van der Waals surface area contributed by atoms with E-state index in [1.165, 1.54) is 11.8 Å². The zero-order chi connectivity index (χ0) is 19.2. The van der Waals surface area contributed by atoms with Crippen LogP contribution < -0.4 is 14.8 Å². The molecule has 0 atom stereocenters. The lowest BCUT2D eigenvalue weighted by Gasteiger charge is -2.10. The average molecular weight is 384 g/mol. The van der Waals surface area contributed by atoms with Crippen molar-refractivity contribution >= 4 is 23.4 Å². The number of aromatic nitrogens is 3. The smallest absolute Gasteiger partial charge is 0.234 e. The molecule has 8 heteroatoms. The normalized spacial score (nSPS) is 10.5. The van der Waals surface area contributed by atoms with Crippen LogP contribution in [0.5, 0.6) is 11.5 Å². The van der Waals surface area contributed by atoms with Gasteiger partial charge in [-0.2, -0.15) is 0 Å². The van der Waals surface area contributed by atoms with Crippen LogP contribution in [0.25, 0.3) is 11.4 Å². The minimum atomic E-state index is -0.142. The van der Waals surface area contributed by atoms with Crippen molar-refractivity contribution < 1.29 is 14.3 Å². The van der Waals surface area contributed by atoms with E-state index in [2.05, 4.69) is 15.5 Å². The summed E-state index contributed by atoms with van der Waals surface area (Å²) in [4.78, 5) is 12.3. The Morgan fingerprint density at radius 3 is 2.52 bits per heavy atom. The SMILES string of the molecule is COc1ccc(NC(=O)CSc2nnc(-c3ccccc3)n2C)cc1OC. The topological polar surface area (TPSA) is 78.3 Å². The summed E-state index contributed by atoms with van der Waals surface area (Å²) in [6, 6.07) is 15.0. The molecule has 0 aliphatic carbocycles. The number of carbonyl (C=O) groups is 1. The lowest BCUT2D eigenvalue weighted by molar-refractivity contribution is -0.113. The Kier molecular flexibility index (Phi) is 5.97. The number of thioether (sulfide) groups is 1. The van der Waals surface area contributed by atoms with Crippen molar-refractivity contribution in [3.63, 3.8) is 0 Å². The summed E-state index contributed by atoms with van der Waals surface area (Å²) >= 11 is 1.33. The summed E-state index contributed by atoms with van der Waals surface area (Å²) in [5.74, 6) is 2.01. The van der Waals surface area contributed by atoms with Gasteiger partial charge in [-0.05, 0) is 12.1 Å². The van der Waals surface area contributed by atoms with E-state index < -0.39 is 0 Å². The molecule has 0 spiro atoms. The van der Waals surface area contributed by atoms with Crippen molar-refractivity contribution in [1.82, 2.24) is 14.8 Å². The van der Waals surface area contributed by atoms with Crippen LogP contribution in [0.1, 0.15) is 0 Å². The number of benzene rings is 2. The van der Waals surface area contributed by atoms with E-state index in [9.17, 15) is 4.79 Å². The van der Waals surface area contributed by atoms with Gasteiger partial charge in [0.1, 0.15) is 0 Å². The second-order valence-electron chi connectivity index (χ2n) is 5.64. The molecule has 0 bridgehead atoms. The monoisotopic (exact) mass is 384 g/mol. The molecular formula is C19H20N4O3S. The second-order valence-corrected chi connectivity index (χ2v) is 6.58. The van der Waals surface area contributed by atoms with Crippen molar-refractivity contribution in [2.45, 2.75) is 5.16 Å². The molecule has 3 rings (SSSR count). The number of nitrogens with one attached hydrogen (secondary N) is 1. The maximum atomic E-state index is 12.3. The molecule has 140 valence electrons. The van der Waals surface area contributed by atoms with E-state index in [0.29, 0.717) is 22.3 Å². The molecule has 0 radical (unpaired) electrons. The number of nitrogens with zero attached hydrogens (tertiary/aromatic N) is 3.